The van der Waals surface area contributed by atoms with Crippen molar-refractivity contribution in [3.05, 3.63) is 35.2 Å². The average Bonchev–Trinajstić information content (AvgIpc) is 3.11. The molecule has 0 atom stereocenters. The highest BCUT2D eigenvalue weighted by Gasteiger charge is 2.19. The van der Waals surface area contributed by atoms with Gasteiger partial charge in [-0.1, -0.05) is 29.8 Å². The highest BCUT2D eigenvalue weighted by atomic mass is 35.5. The Morgan fingerprint density at radius 1 is 1.24 bits per heavy atom. The van der Waals surface area contributed by atoms with Gasteiger partial charge in [0.15, 0.2) is 5.13 Å². The number of hydrogen-bond donors (Lipinski definition) is 1. The number of hydrogen-bond acceptors (Lipinski definition) is 3. The second kappa shape index (κ2) is 9.90. The maximum atomic E-state index is 12.3. The lowest BCUT2D eigenvalue weighted by molar-refractivity contribution is -0.896. The van der Waals surface area contributed by atoms with E-state index in [2.05, 4.69) is 50.0 Å². The lowest BCUT2D eigenvalue weighted by Crippen LogP contribution is -3.11. The molecule has 136 valence electrons. The van der Waals surface area contributed by atoms with Crippen molar-refractivity contribution in [1.29, 1.82) is 0 Å². The van der Waals surface area contributed by atoms with Crippen LogP contribution in [-0.4, -0.2) is 43.0 Å². The zero-order valence-electron chi connectivity index (χ0n) is 15.2. The Morgan fingerprint density at radius 3 is 2.52 bits per heavy atom. The van der Waals surface area contributed by atoms with Crippen molar-refractivity contribution in [3.63, 3.8) is 0 Å². The topological polar surface area (TPSA) is 37.6 Å². The highest BCUT2D eigenvalue weighted by Crippen LogP contribution is 2.28. The number of carbonyl (C=O) groups excluding carboxylic acids is 1. The van der Waals surface area contributed by atoms with E-state index in [0.717, 1.165) is 42.4 Å². The predicted molar refractivity (Wildman–Crippen MR) is 107 cm³/mol. The SMILES string of the molecule is CC[NH+](CC)CCCN(C(=O)CCl)c1nc(-c2ccc(C)cc2)cs1. The van der Waals surface area contributed by atoms with Crippen LogP contribution in [0, 0.1) is 6.92 Å². The number of anilines is 1. The maximum Gasteiger partial charge on any atom is 0.243 e. The summed E-state index contributed by atoms with van der Waals surface area (Å²) in [4.78, 5) is 20.2. The summed E-state index contributed by atoms with van der Waals surface area (Å²) in [7, 11) is 0. The summed E-state index contributed by atoms with van der Waals surface area (Å²) in [5.41, 5.74) is 3.19. The van der Waals surface area contributed by atoms with Crippen molar-refractivity contribution < 1.29 is 9.69 Å². The van der Waals surface area contributed by atoms with E-state index in [0.29, 0.717) is 6.54 Å². The number of alkyl halides is 1. The zero-order chi connectivity index (χ0) is 18.2. The minimum atomic E-state index is -0.0824. The molecule has 6 heteroatoms. The van der Waals surface area contributed by atoms with Crippen LogP contribution in [-0.2, 0) is 4.79 Å². The minimum Gasteiger partial charge on any atom is -0.335 e. The minimum absolute atomic E-state index is 0.0163. The molecule has 0 radical (unpaired) electrons. The Hall–Kier alpha value is -1.43. The first-order chi connectivity index (χ1) is 12.1. The molecule has 4 nitrogen and oxygen atoms in total. The molecular formula is C19H27ClN3OS+. The Bertz CT molecular complexity index is 668. The number of rotatable bonds is 9. The van der Waals surface area contributed by atoms with E-state index in [9.17, 15) is 4.79 Å². The maximum absolute atomic E-state index is 12.3. The fourth-order valence-corrected chi connectivity index (χ4v) is 3.76. The number of amides is 1. The van der Waals surface area contributed by atoms with Gasteiger partial charge < -0.3 is 4.90 Å². The summed E-state index contributed by atoms with van der Waals surface area (Å²) in [6, 6.07) is 8.27. The largest absolute Gasteiger partial charge is 0.335 e. The van der Waals surface area contributed by atoms with Crippen LogP contribution >= 0.6 is 22.9 Å². The molecule has 0 aliphatic heterocycles. The van der Waals surface area contributed by atoms with Gasteiger partial charge in [-0.05, 0) is 20.8 Å². The quantitative estimate of drug-likeness (QED) is 0.679. The molecule has 0 aliphatic carbocycles. The Morgan fingerprint density at radius 2 is 1.92 bits per heavy atom. The summed E-state index contributed by atoms with van der Waals surface area (Å²) in [5, 5.41) is 2.74. The number of halogens is 1. The molecule has 0 bridgehead atoms. The van der Waals surface area contributed by atoms with Gasteiger partial charge in [0.1, 0.15) is 5.88 Å². The molecule has 2 aromatic rings. The molecule has 1 N–H and O–H groups in total. The van der Waals surface area contributed by atoms with E-state index in [4.69, 9.17) is 11.6 Å². The first-order valence-corrected chi connectivity index (χ1v) is 10.2. The normalized spacial score (nSPS) is 11.1. The smallest absolute Gasteiger partial charge is 0.243 e. The number of carbonyl (C=O) groups is 1. The lowest BCUT2D eigenvalue weighted by atomic mass is 10.1. The third-order valence-electron chi connectivity index (χ3n) is 4.40. The van der Waals surface area contributed by atoms with Crippen LogP contribution in [0.15, 0.2) is 29.6 Å². The number of nitrogens with zero attached hydrogens (tertiary/aromatic N) is 2. The van der Waals surface area contributed by atoms with Crippen LogP contribution in [0.3, 0.4) is 0 Å². The van der Waals surface area contributed by atoms with Gasteiger partial charge in [-0.25, -0.2) is 4.98 Å². The van der Waals surface area contributed by atoms with Gasteiger partial charge in [-0.15, -0.1) is 22.9 Å². The second-order valence-electron chi connectivity index (χ2n) is 6.12. The van der Waals surface area contributed by atoms with Gasteiger partial charge in [0.25, 0.3) is 0 Å². The first kappa shape index (κ1) is 19.9. The van der Waals surface area contributed by atoms with Crippen LogP contribution in [0.25, 0.3) is 11.3 Å². The average molecular weight is 381 g/mol. The number of quaternary nitrogens is 1. The van der Waals surface area contributed by atoms with Crippen molar-refractivity contribution in [3.8, 4) is 11.3 Å². The van der Waals surface area contributed by atoms with Crippen LogP contribution in [0.5, 0.6) is 0 Å². The Kier molecular flexibility index (Phi) is 7.88. The molecule has 1 amide bonds. The fourth-order valence-electron chi connectivity index (χ4n) is 2.74. The predicted octanol–water partition coefficient (Wildman–Crippen LogP) is 3.01. The molecule has 0 unspecified atom stereocenters. The second-order valence-corrected chi connectivity index (χ2v) is 7.22. The first-order valence-electron chi connectivity index (χ1n) is 8.81. The monoisotopic (exact) mass is 380 g/mol. The summed E-state index contributed by atoms with van der Waals surface area (Å²) in [6.45, 7) is 10.4. The van der Waals surface area contributed by atoms with Gasteiger partial charge >= 0.3 is 0 Å². The summed E-state index contributed by atoms with van der Waals surface area (Å²) >= 11 is 7.31. The summed E-state index contributed by atoms with van der Waals surface area (Å²) in [5.74, 6) is -0.0987. The van der Waals surface area contributed by atoms with Gasteiger partial charge in [-0.3, -0.25) is 9.69 Å². The van der Waals surface area contributed by atoms with E-state index < -0.39 is 0 Å². The molecule has 0 fully saturated rings. The standard InChI is InChI=1S/C19H26ClN3OS/c1-4-22(5-2)11-6-12-23(18(24)13-20)19-21-17(14-25-19)16-9-7-15(3)8-10-16/h7-10,14H,4-6,11-13H2,1-3H3/p+1. The van der Waals surface area contributed by atoms with E-state index >= 15 is 0 Å². The summed E-state index contributed by atoms with van der Waals surface area (Å²) < 4.78 is 0. The highest BCUT2D eigenvalue weighted by molar-refractivity contribution is 7.14. The third kappa shape index (κ3) is 5.53. The summed E-state index contributed by atoms with van der Waals surface area (Å²) in [6.07, 6.45) is 0.944. The van der Waals surface area contributed by atoms with Gasteiger partial charge in [0, 0.05) is 23.9 Å². The van der Waals surface area contributed by atoms with E-state index in [-0.39, 0.29) is 11.8 Å². The molecule has 25 heavy (non-hydrogen) atoms. The van der Waals surface area contributed by atoms with Crippen LogP contribution in [0.1, 0.15) is 25.8 Å². The third-order valence-corrected chi connectivity index (χ3v) is 5.49. The van der Waals surface area contributed by atoms with Crippen LogP contribution in [0.4, 0.5) is 5.13 Å². The van der Waals surface area contributed by atoms with Gasteiger partial charge in [0.05, 0.1) is 25.3 Å². The zero-order valence-corrected chi connectivity index (χ0v) is 16.8. The molecule has 1 heterocycles. The molecule has 1 aromatic heterocycles. The number of thiazole rings is 1. The van der Waals surface area contributed by atoms with E-state index in [1.165, 1.54) is 21.8 Å². The lowest BCUT2D eigenvalue weighted by Gasteiger charge is -2.21. The van der Waals surface area contributed by atoms with Crippen molar-refractivity contribution >= 4 is 34.0 Å². The fraction of sp³-hybridized carbons (Fsp3) is 0.474. The number of nitrogens with one attached hydrogen (secondary N) is 1. The molecular weight excluding hydrogens is 354 g/mol. The molecule has 2 rings (SSSR count). The van der Waals surface area contributed by atoms with E-state index in [1.807, 2.05) is 5.38 Å². The van der Waals surface area contributed by atoms with Gasteiger partial charge in [-0.2, -0.15) is 0 Å². The van der Waals surface area contributed by atoms with Crippen molar-refractivity contribution in [2.75, 3.05) is 37.0 Å². The van der Waals surface area contributed by atoms with Crippen molar-refractivity contribution in [2.45, 2.75) is 27.2 Å². The van der Waals surface area contributed by atoms with Crippen LogP contribution in [0.2, 0.25) is 0 Å². The molecule has 1 aromatic carbocycles. The molecule has 0 spiro atoms. The van der Waals surface area contributed by atoms with Crippen molar-refractivity contribution in [2.24, 2.45) is 0 Å². The van der Waals surface area contributed by atoms with E-state index in [1.54, 1.807) is 4.90 Å². The number of aryl methyl sites for hydroxylation is 1. The van der Waals surface area contributed by atoms with Crippen LogP contribution < -0.4 is 9.80 Å². The van der Waals surface area contributed by atoms with Gasteiger partial charge in [0.2, 0.25) is 5.91 Å². The Labute approximate surface area is 159 Å². The van der Waals surface area contributed by atoms with Crippen molar-refractivity contribution in [1.82, 2.24) is 4.98 Å². The molecule has 0 saturated carbocycles. The number of aromatic nitrogens is 1. The molecule has 0 saturated heterocycles. The number of benzene rings is 1. The Balaban J connectivity index is 2.10. The molecule has 0 aliphatic rings.